The monoisotopic (exact) mass is 432 g/mol. The molecule has 2 rings (SSSR count). The van der Waals surface area contributed by atoms with E-state index in [1.165, 1.54) is 5.56 Å². The number of aryl methyl sites for hydroxylation is 1. The van der Waals surface area contributed by atoms with Crippen LogP contribution in [0.2, 0.25) is 0 Å². The summed E-state index contributed by atoms with van der Waals surface area (Å²) in [6, 6.07) is 4.65. The molecule has 114 valence electrons. The molecule has 1 heterocycles. The minimum absolute atomic E-state index is 0.466. The molecule has 1 aromatic heterocycles. The number of nitrogens with one attached hydrogen (secondary N) is 1. The lowest BCUT2D eigenvalue weighted by Gasteiger charge is -2.13. The summed E-state index contributed by atoms with van der Waals surface area (Å²) in [6.45, 7) is 7.64. The molecule has 0 unspecified atom stereocenters. The zero-order valence-electron chi connectivity index (χ0n) is 12.2. The van der Waals surface area contributed by atoms with Crippen LogP contribution in [-0.2, 0) is 13.2 Å². The van der Waals surface area contributed by atoms with Crippen LogP contribution >= 0.6 is 43.2 Å². The summed E-state index contributed by atoms with van der Waals surface area (Å²) in [5.41, 5.74) is 1.21. The van der Waals surface area contributed by atoms with Crippen LogP contribution in [0.1, 0.15) is 29.3 Å². The maximum absolute atomic E-state index is 5.90. The molecule has 0 aliphatic carbocycles. The Balaban J connectivity index is 2.06. The third-order valence-electron chi connectivity index (χ3n) is 2.80. The fraction of sp³-hybridized carbons (Fsp3) is 0.400. The highest BCUT2D eigenvalue weighted by molar-refractivity contribution is 9.11. The van der Waals surface area contributed by atoms with Crippen molar-refractivity contribution in [2.45, 2.75) is 40.0 Å². The van der Waals surface area contributed by atoms with Crippen LogP contribution in [0.3, 0.4) is 0 Å². The van der Waals surface area contributed by atoms with E-state index >= 15 is 0 Å². The molecule has 2 aromatic rings. The highest BCUT2D eigenvalue weighted by Crippen LogP contribution is 2.35. The van der Waals surface area contributed by atoms with E-state index in [1.54, 1.807) is 11.3 Å². The molecule has 0 atom stereocenters. The van der Waals surface area contributed by atoms with Crippen LogP contribution in [0.5, 0.6) is 5.75 Å². The Kier molecular flexibility index (Phi) is 6.22. The molecule has 0 fully saturated rings. The van der Waals surface area contributed by atoms with Gasteiger partial charge in [0.05, 0.1) is 18.8 Å². The van der Waals surface area contributed by atoms with Gasteiger partial charge in [-0.15, -0.1) is 11.3 Å². The van der Waals surface area contributed by atoms with E-state index in [0.717, 1.165) is 31.1 Å². The Morgan fingerprint density at radius 2 is 1.95 bits per heavy atom. The van der Waals surface area contributed by atoms with Crippen molar-refractivity contribution in [2.24, 2.45) is 0 Å². The molecule has 0 spiro atoms. The smallest absolute Gasteiger partial charge is 0.148 e. The first kappa shape index (κ1) is 16.9. The van der Waals surface area contributed by atoms with Crippen molar-refractivity contribution in [1.82, 2.24) is 10.3 Å². The molecule has 0 aliphatic rings. The first-order chi connectivity index (χ1) is 9.95. The predicted molar refractivity (Wildman–Crippen MR) is 95.0 cm³/mol. The van der Waals surface area contributed by atoms with Crippen molar-refractivity contribution in [2.75, 3.05) is 0 Å². The molecule has 21 heavy (non-hydrogen) atoms. The molecule has 6 heteroatoms. The molecular weight excluding hydrogens is 416 g/mol. The topological polar surface area (TPSA) is 34.1 Å². The lowest BCUT2D eigenvalue weighted by Crippen LogP contribution is -2.21. The molecule has 0 radical (unpaired) electrons. The van der Waals surface area contributed by atoms with Gasteiger partial charge in [0.25, 0.3) is 0 Å². The number of nitrogens with zero attached hydrogens (tertiary/aromatic N) is 1. The van der Waals surface area contributed by atoms with Gasteiger partial charge in [0, 0.05) is 18.8 Å². The molecule has 3 nitrogen and oxygen atoms in total. The maximum Gasteiger partial charge on any atom is 0.148 e. The molecule has 1 aromatic carbocycles. The number of aromatic nitrogens is 1. The molecular formula is C15H18Br2N2OS. The van der Waals surface area contributed by atoms with Gasteiger partial charge in [-0.05, 0) is 56.5 Å². The van der Waals surface area contributed by atoms with Crippen molar-refractivity contribution in [3.05, 3.63) is 42.7 Å². The highest BCUT2D eigenvalue weighted by atomic mass is 79.9. The standard InChI is InChI=1S/C15H18Br2N2OS/c1-9(2)18-6-11-4-13(16)15(14(17)5-11)20-8-12-7-19-10(3)21-12/h4-5,7,9,18H,6,8H2,1-3H3. The van der Waals surface area contributed by atoms with Gasteiger partial charge in [0.1, 0.15) is 12.4 Å². The third-order valence-corrected chi connectivity index (χ3v) is 4.86. The lowest BCUT2D eigenvalue weighted by atomic mass is 10.2. The minimum Gasteiger partial charge on any atom is -0.486 e. The number of benzene rings is 1. The van der Waals surface area contributed by atoms with Crippen molar-refractivity contribution in [3.63, 3.8) is 0 Å². The van der Waals surface area contributed by atoms with Gasteiger partial charge in [-0.25, -0.2) is 4.98 Å². The highest BCUT2D eigenvalue weighted by Gasteiger charge is 2.10. The van der Waals surface area contributed by atoms with E-state index in [9.17, 15) is 0 Å². The van der Waals surface area contributed by atoms with Crippen LogP contribution in [0.4, 0.5) is 0 Å². The van der Waals surface area contributed by atoms with Gasteiger partial charge < -0.3 is 10.1 Å². The Bertz CT molecular complexity index is 590. The number of rotatable bonds is 6. The van der Waals surface area contributed by atoms with Crippen molar-refractivity contribution in [3.8, 4) is 5.75 Å². The predicted octanol–water partition coefficient (Wildman–Crippen LogP) is 5.05. The summed E-state index contributed by atoms with van der Waals surface area (Å²) in [5.74, 6) is 0.828. The average Bonchev–Trinajstić information content (AvgIpc) is 2.81. The largest absolute Gasteiger partial charge is 0.486 e. The lowest BCUT2D eigenvalue weighted by molar-refractivity contribution is 0.305. The van der Waals surface area contributed by atoms with E-state index < -0.39 is 0 Å². The number of ether oxygens (including phenoxy) is 1. The minimum atomic E-state index is 0.466. The van der Waals surface area contributed by atoms with Crippen molar-refractivity contribution < 1.29 is 4.74 Å². The molecule has 0 amide bonds. The molecule has 0 saturated heterocycles. The van der Waals surface area contributed by atoms with Crippen LogP contribution < -0.4 is 10.1 Å². The van der Waals surface area contributed by atoms with Gasteiger partial charge in [0.2, 0.25) is 0 Å². The van der Waals surface area contributed by atoms with Crippen LogP contribution in [-0.4, -0.2) is 11.0 Å². The maximum atomic E-state index is 5.90. The average molecular weight is 434 g/mol. The molecule has 0 saturated carbocycles. The van der Waals surface area contributed by atoms with Crippen molar-refractivity contribution in [1.29, 1.82) is 0 Å². The van der Waals surface area contributed by atoms with Crippen LogP contribution in [0.25, 0.3) is 0 Å². The fourth-order valence-corrected chi connectivity index (χ4v) is 4.01. The summed E-state index contributed by atoms with van der Waals surface area (Å²) in [6.07, 6.45) is 1.86. The van der Waals surface area contributed by atoms with E-state index in [0.29, 0.717) is 12.6 Å². The van der Waals surface area contributed by atoms with Gasteiger partial charge >= 0.3 is 0 Å². The Hall–Kier alpha value is -0.430. The second-order valence-electron chi connectivity index (χ2n) is 5.06. The SMILES string of the molecule is Cc1ncc(COc2c(Br)cc(CNC(C)C)cc2Br)s1. The quantitative estimate of drug-likeness (QED) is 0.691. The summed E-state index contributed by atoms with van der Waals surface area (Å²) in [7, 11) is 0. The summed E-state index contributed by atoms with van der Waals surface area (Å²) in [5, 5.41) is 4.46. The van der Waals surface area contributed by atoms with Crippen LogP contribution in [0, 0.1) is 6.92 Å². The van der Waals surface area contributed by atoms with E-state index in [1.807, 2.05) is 13.1 Å². The zero-order valence-corrected chi connectivity index (χ0v) is 16.2. The first-order valence-corrected chi connectivity index (χ1v) is 9.11. The van der Waals surface area contributed by atoms with E-state index in [2.05, 4.69) is 68.1 Å². The zero-order chi connectivity index (χ0) is 15.4. The molecule has 0 aliphatic heterocycles. The van der Waals surface area contributed by atoms with Crippen molar-refractivity contribution >= 4 is 43.2 Å². The normalized spacial score (nSPS) is 11.1. The van der Waals surface area contributed by atoms with E-state index in [4.69, 9.17) is 4.74 Å². The van der Waals surface area contributed by atoms with Gasteiger partial charge in [-0.1, -0.05) is 13.8 Å². The Morgan fingerprint density at radius 1 is 1.29 bits per heavy atom. The fourth-order valence-electron chi connectivity index (χ4n) is 1.79. The second-order valence-corrected chi connectivity index (χ2v) is 8.09. The molecule has 1 N–H and O–H groups in total. The number of hydrogen-bond donors (Lipinski definition) is 1. The van der Waals surface area contributed by atoms with Gasteiger partial charge in [0.15, 0.2) is 0 Å². The van der Waals surface area contributed by atoms with E-state index in [-0.39, 0.29) is 0 Å². The number of hydrogen-bond acceptors (Lipinski definition) is 4. The summed E-state index contributed by atoms with van der Waals surface area (Å²) >= 11 is 8.83. The summed E-state index contributed by atoms with van der Waals surface area (Å²) in [4.78, 5) is 5.36. The summed E-state index contributed by atoms with van der Waals surface area (Å²) < 4.78 is 7.82. The third kappa shape index (κ3) is 5.06. The van der Waals surface area contributed by atoms with Gasteiger partial charge in [-0.3, -0.25) is 0 Å². The molecule has 0 bridgehead atoms. The number of halogens is 2. The van der Waals surface area contributed by atoms with Gasteiger partial charge in [-0.2, -0.15) is 0 Å². The second kappa shape index (κ2) is 7.72. The number of thiazole rings is 1. The first-order valence-electron chi connectivity index (χ1n) is 6.71. The Morgan fingerprint density at radius 3 is 2.48 bits per heavy atom. The Labute approximate surface area is 146 Å². The van der Waals surface area contributed by atoms with Crippen LogP contribution in [0.15, 0.2) is 27.3 Å².